The molecular formula is C4H4LiNS. The molecule has 0 radical (unpaired) electrons. The van der Waals surface area contributed by atoms with E-state index >= 15 is 0 Å². The Morgan fingerprint density at radius 2 is 2.57 bits per heavy atom. The van der Waals surface area contributed by atoms with Crippen molar-refractivity contribution >= 4 is 32.7 Å². The van der Waals surface area contributed by atoms with Crippen molar-refractivity contribution in [3.05, 3.63) is 11.1 Å². The molecule has 0 fully saturated rings. The molecule has 1 aromatic heterocycles. The number of thiazole rings is 1. The fourth-order valence-corrected chi connectivity index (χ4v) is 1.14. The molecule has 1 aromatic rings. The van der Waals surface area contributed by atoms with Crippen LogP contribution in [0, 0.1) is 6.92 Å². The van der Waals surface area contributed by atoms with Gasteiger partial charge in [0.05, 0.1) is 0 Å². The zero-order chi connectivity index (χ0) is 5.28. The Balaban J connectivity index is 3.04. The number of rotatable bonds is 0. The van der Waals surface area contributed by atoms with Gasteiger partial charge in [0.1, 0.15) is 0 Å². The van der Waals surface area contributed by atoms with Gasteiger partial charge in [-0.05, 0) is 0 Å². The number of hydrogen-bond acceptors (Lipinski definition) is 2. The molecule has 0 atom stereocenters. The second-order valence-electron chi connectivity index (χ2n) is 1.49. The van der Waals surface area contributed by atoms with Crippen LogP contribution in [0.4, 0.5) is 0 Å². The van der Waals surface area contributed by atoms with Crippen molar-refractivity contribution in [2.75, 3.05) is 0 Å². The van der Waals surface area contributed by atoms with Crippen LogP contribution in [0.2, 0.25) is 0 Å². The maximum absolute atomic E-state index is 4.03. The minimum absolute atomic E-state index is 1.15. The van der Waals surface area contributed by atoms with Gasteiger partial charge in [0, 0.05) is 0 Å². The second-order valence-corrected chi connectivity index (χ2v) is 2.93. The van der Waals surface area contributed by atoms with Gasteiger partial charge in [-0.1, -0.05) is 0 Å². The summed E-state index contributed by atoms with van der Waals surface area (Å²) in [4.78, 5) is 5.32. The van der Waals surface area contributed by atoms with Gasteiger partial charge in [-0.25, -0.2) is 0 Å². The van der Waals surface area contributed by atoms with E-state index in [0.717, 1.165) is 3.68 Å². The molecule has 1 heterocycles. The fourth-order valence-electron chi connectivity index (χ4n) is 0.467. The zero-order valence-electron chi connectivity index (χ0n) is 4.43. The summed E-state index contributed by atoms with van der Waals surface area (Å²) in [6.07, 6.45) is 1.89. The first-order valence-corrected chi connectivity index (χ1v) is 3.00. The van der Waals surface area contributed by atoms with Gasteiger partial charge in [-0.2, -0.15) is 0 Å². The fraction of sp³-hybridized carbons (Fsp3) is 0.250. The average molecular weight is 105 g/mol. The Hall–Kier alpha value is 0.227. The molecule has 0 aromatic carbocycles. The summed E-state index contributed by atoms with van der Waals surface area (Å²) in [5.41, 5.74) is 0. The van der Waals surface area contributed by atoms with E-state index in [0.29, 0.717) is 0 Å². The first-order chi connectivity index (χ1) is 3.29. The van der Waals surface area contributed by atoms with E-state index < -0.39 is 0 Å². The Kier molecular flexibility index (Phi) is 1.53. The van der Waals surface area contributed by atoms with Crippen molar-refractivity contribution in [1.82, 2.24) is 4.98 Å². The van der Waals surface area contributed by atoms with Crippen molar-refractivity contribution in [2.45, 2.75) is 6.92 Å². The van der Waals surface area contributed by atoms with Crippen LogP contribution < -0.4 is 3.68 Å². The Morgan fingerprint density at radius 3 is 2.71 bits per heavy atom. The Bertz CT molecular complexity index is 144. The van der Waals surface area contributed by atoms with E-state index in [2.05, 4.69) is 11.9 Å². The molecule has 0 aliphatic carbocycles. The van der Waals surface area contributed by atoms with E-state index in [9.17, 15) is 0 Å². The molecule has 3 heteroatoms. The van der Waals surface area contributed by atoms with E-state index in [1.165, 1.54) is 4.88 Å². The van der Waals surface area contributed by atoms with Crippen LogP contribution in [-0.4, -0.2) is 22.7 Å². The maximum atomic E-state index is 4.03. The van der Waals surface area contributed by atoms with Crippen molar-refractivity contribution in [1.29, 1.82) is 0 Å². The molecule has 7 heavy (non-hydrogen) atoms. The zero-order valence-corrected chi connectivity index (χ0v) is 5.25. The van der Waals surface area contributed by atoms with E-state index in [1.807, 2.05) is 23.9 Å². The molecule has 0 aliphatic rings. The third kappa shape index (κ3) is 1.31. The predicted octanol–water partition coefficient (Wildman–Crippen LogP) is 0.245. The molecule has 1 nitrogen and oxygen atoms in total. The summed E-state index contributed by atoms with van der Waals surface area (Å²) in [7, 11) is 0. The van der Waals surface area contributed by atoms with Gasteiger partial charge >= 0.3 is 55.7 Å². The summed E-state index contributed by atoms with van der Waals surface area (Å²) in [6.45, 7) is 2.06. The monoisotopic (exact) mass is 105 g/mol. The minimum atomic E-state index is 1.15. The molecule has 0 saturated heterocycles. The third-order valence-electron chi connectivity index (χ3n) is 0.737. The van der Waals surface area contributed by atoms with Crippen molar-refractivity contribution < 1.29 is 0 Å². The van der Waals surface area contributed by atoms with Crippen LogP contribution in [-0.2, 0) is 0 Å². The van der Waals surface area contributed by atoms with Crippen LogP contribution in [0.5, 0.6) is 0 Å². The van der Waals surface area contributed by atoms with E-state index in [1.54, 1.807) is 11.3 Å². The van der Waals surface area contributed by atoms with Crippen LogP contribution in [0.15, 0.2) is 6.20 Å². The van der Waals surface area contributed by atoms with Crippen LogP contribution in [0.1, 0.15) is 4.88 Å². The quantitative estimate of drug-likeness (QED) is 0.431. The van der Waals surface area contributed by atoms with Gasteiger partial charge in [-0.15, -0.1) is 0 Å². The summed E-state index contributed by atoms with van der Waals surface area (Å²) in [5, 5.41) is 0. The molecule has 0 bridgehead atoms. The van der Waals surface area contributed by atoms with Crippen LogP contribution in [0.3, 0.4) is 0 Å². The summed E-state index contributed by atoms with van der Waals surface area (Å²) >= 11 is 3.74. The summed E-state index contributed by atoms with van der Waals surface area (Å²) in [6, 6.07) is 0. The number of hydrogen-bond donors (Lipinski definition) is 0. The van der Waals surface area contributed by atoms with Gasteiger partial charge < -0.3 is 0 Å². The molecule has 0 unspecified atom stereocenters. The molecule has 0 saturated carbocycles. The molecule has 0 spiro atoms. The number of aromatic nitrogens is 1. The van der Waals surface area contributed by atoms with Crippen molar-refractivity contribution in [3.63, 3.8) is 0 Å². The SMILES string of the molecule is [Li][c]1ncc(C)s1. The molecule has 32 valence electrons. The molecule has 0 N–H and O–H groups in total. The van der Waals surface area contributed by atoms with Gasteiger partial charge in [0.25, 0.3) is 0 Å². The second kappa shape index (κ2) is 2.00. The van der Waals surface area contributed by atoms with Crippen LogP contribution in [0.25, 0.3) is 0 Å². The predicted molar refractivity (Wildman–Crippen MR) is 32.2 cm³/mol. The van der Waals surface area contributed by atoms with Gasteiger partial charge in [0.2, 0.25) is 0 Å². The molecular weight excluding hydrogens is 101 g/mol. The van der Waals surface area contributed by atoms with Crippen LogP contribution >= 0.6 is 11.3 Å². The third-order valence-corrected chi connectivity index (χ3v) is 1.57. The Morgan fingerprint density at radius 1 is 1.86 bits per heavy atom. The normalized spacial score (nSPS) is 9.57. The average Bonchev–Trinajstić information content (AvgIpc) is 1.87. The van der Waals surface area contributed by atoms with Gasteiger partial charge in [-0.3, -0.25) is 0 Å². The van der Waals surface area contributed by atoms with Crippen molar-refractivity contribution in [3.8, 4) is 0 Å². The topological polar surface area (TPSA) is 12.9 Å². The number of aryl methyl sites for hydroxylation is 1. The Labute approximate surface area is 56.0 Å². The first-order valence-electron chi connectivity index (χ1n) is 2.18. The molecule has 0 amide bonds. The van der Waals surface area contributed by atoms with E-state index in [-0.39, 0.29) is 0 Å². The summed E-state index contributed by atoms with van der Waals surface area (Å²) in [5.74, 6) is 0. The number of nitrogens with zero attached hydrogens (tertiary/aromatic N) is 1. The summed E-state index contributed by atoms with van der Waals surface area (Å²) < 4.78 is 1.15. The van der Waals surface area contributed by atoms with Crippen molar-refractivity contribution in [2.24, 2.45) is 0 Å². The molecule has 0 aliphatic heterocycles. The first kappa shape index (κ1) is 5.37. The molecule has 1 rings (SSSR count). The van der Waals surface area contributed by atoms with E-state index in [4.69, 9.17) is 0 Å². The van der Waals surface area contributed by atoms with Gasteiger partial charge in [0.15, 0.2) is 0 Å². The standard InChI is InChI=1S/C4H4NS.Li/c1-4-2-5-3-6-4;/h2H,1H3;.